The Kier molecular flexibility index (Phi) is 3.33. The van der Waals surface area contributed by atoms with Crippen LogP contribution >= 0.6 is 0 Å². The molecule has 0 aliphatic rings. The quantitative estimate of drug-likeness (QED) is 0.429. The number of rotatable bonds is 2. The van der Waals surface area contributed by atoms with Crippen LogP contribution in [0.1, 0.15) is 11.1 Å². The minimum atomic E-state index is -0.536. The van der Waals surface area contributed by atoms with Gasteiger partial charge in [-0.2, -0.15) is 0 Å². The van der Waals surface area contributed by atoms with Crippen molar-refractivity contribution in [1.29, 1.82) is 0 Å². The van der Waals surface area contributed by atoms with Gasteiger partial charge in [-0.05, 0) is 43.2 Å². The molecule has 0 bridgehead atoms. The monoisotopic (exact) mass is 310 g/mol. The summed E-state index contributed by atoms with van der Waals surface area (Å²) in [6.07, 6.45) is 0. The highest BCUT2D eigenvalue weighted by Crippen LogP contribution is 2.27. The zero-order chi connectivity index (χ0) is 16.7. The van der Waals surface area contributed by atoms with E-state index < -0.39 is 10.5 Å². The lowest BCUT2D eigenvalue weighted by Gasteiger charge is -2.07. The molecule has 1 aromatic heterocycles. The van der Waals surface area contributed by atoms with Crippen LogP contribution in [0, 0.1) is 24.0 Å². The number of aromatic nitrogens is 2. The number of nitrogens with zero attached hydrogens (tertiary/aromatic N) is 2. The Hall–Kier alpha value is -3.22. The summed E-state index contributed by atoms with van der Waals surface area (Å²) in [7, 11) is 0. The van der Waals surface area contributed by atoms with Gasteiger partial charge in [0.1, 0.15) is 5.69 Å². The molecular weight excluding hydrogens is 296 g/mol. The zero-order valence-corrected chi connectivity index (χ0v) is 12.6. The molecule has 0 saturated heterocycles. The van der Waals surface area contributed by atoms with Gasteiger partial charge in [0.15, 0.2) is 0 Å². The molecule has 0 radical (unpaired) electrons. The lowest BCUT2D eigenvalue weighted by atomic mass is 10.1. The molecule has 0 unspecified atom stereocenters. The normalized spacial score (nSPS) is 10.9. The average molecular weight is 310 g/mol. The number of hydrogen-bond acceptors (Lipinski definition) is 5. The standard InChI is InChI=1S/C16H14N4O3/c1-8-5-13-14(6-9(8)2)19-16(21)15(18-13)11-7-10(20(22)23)3-4-12(11)17/h3-7H,17H2,1-2H3,(H,19,21). The van der Waals surface area contributed by atoms with Crippen LogP contribution in [0.5, 0.6) is 0 Å². The summed E-state index contributed by atoms with van der Waals surface area (Å²) >= 11 is 0. The van der Waals surface area contributed by atoms with Crippen LogP contribution in [0.25, 0.3) is 22.3 Å². The molecule has 23 heavy (non-hydrogen) atoms. The van der Waals surface area contributed by atoms with Crippen molar-refractivity contribution in [3.63, 3.8) is 0 Å². The number of fused-ring (bicyclic) bond motifs is 1. The third-order valence-corrected chi connectivity index (χ3v) is 3.81. The van der Waals surface area contributed by atoms with Gasteiger partial charge >= 0.3 is 0 Å². The fraction of sp³-hybridized carbons (Fsp3) is 0.125. The summed E-state index contributed by atoms with van der Waals surface area (Å²) in [6.45, 7) is 3.89. The largest absolute Gasteiger partial charge is 0.398 e. The minimum Gasteiger partial charge on any atom is -0.398 e. The molecule has 7 heteroatoms. The molecule has 1 heterocycles. The summed E-state index contributed by atoms with van der Waals surface area (Å²) in [5, 5.41) is 10.9. The fourth-order valence-corrected chi connectivity index (χ4v) is 2.39. The molecule has 0 aliphatic carbocycles. The molecule has 3 N–H and O–H groups in total. The molecule has 0 saturated carbocycles. The summed E-state index contributed by atoms with van der Waals surface area (Å²) in [6, 6.07) is 7.66. The molecule has 0 fully saturated rings. The number of nitro groups is 1. The highest BCUT2D eigenvalue weighted by molar-refractivity contribution is 5.82. The van der Waals surface area contributed by atoms with E-state index in [4.69, 9.17) is 5.73 Å². The molecule has 116 valence electrons. The van der Waals surface area contributed by atoms with Crippen LogP contribution in [0.2, 0.25) is 0 Å². The number of H-pyrrole nitrogens is 1. The lowest BCUT2D eigenvalue weighted by molar-refractivity contribution is -0.384. The van der Waals surface area contributed by atoms with Gasteiger partial charge in [-0.25, -0.2) is 4.98 Å². The smallest absolute Gasteiger partial charge is 0.275 e. The van der Waals surface area contributed by atoms with E-state index in [1.165, 1.54) is 18.2 Å². The van der Waals surface area contributed by atoms with Gasteiger partial charge < -0.3 is 10.7 Å². The zero-order valence-electron chi connectivity index (χ0n) is 12.6. The van der Waals surface area contributed by atoms with Gasteiger partial charge in [0.2, 0.25) is 0 Å². The molecule has 0 atom stereocenters. The van der Waals surface area contributed by atoms with Crippen LogP contribution in [-0.4, -0.2) is 14.9 Å². The third kappa shape index (κ3) is 2.52. The van der Waals surface area contributed by atoms with E-state index in [1.807, 2.05) is 26.0 Å². The molecule has 7 nitrogen and oxygen atoms in total. The van der Waals surface area contributed by atoms with Gasteiger partial charge in [-0.3, -0.25) is 14.9 Å². The summed E-state index contributed by atoms with van der Waals surface area (Å²) in [5.74, 6) is 0. The second kappa shape index (κ2) is 5.20. The van der Waals surface area contributed by atoms with E-state index >= 15 is 0 Å². The molecule has 0 amide bonds. The molecule has 0 aliphatic heterocycles. The Morgan fingerprint density at radius 2 is 1.87 bits per heavy atom. The van der Waals surface area contributed by atoms with E-state index in [-0.39, 0.29) is 22.6 Å². The number of nitrogen functional groups attached to an aromatic ring is 1. The Labute approximate surface area is 130 Å². The van der Waals surface area contributed by atoms with Crippen molar-refractivity contribution < 1.29 is 4.92 Å². The number of non-ortho nitro benzene ring substituents is 1. The van der Waals surface area contributed by atoms with Crippen molar-refractivity contribution in [2.75, 3.05) is 5.73 Å². The van der Waals surface area contributed by atoms with E-state index in [0.29, 0.717) is 11.0 Å². The number of anilines is 1. The van der Waals surface area contributed by atoms with Gasteiger partial charge in [-0.15, -0.1) is 0 Å². The topological polar surface area (TPSA) is 115 Å². The SMILES string of the molecule is Cc1cc2nc(-c3cc([N+](=O)[O-])ccc3N)c(=O)[nH]c2cc1C. The maximum absolute atomic E-state index is 12.3. The second-order valence-electron chi connectivity index (χ2n) is 5.40. The Bertz CT molecular complexity index is 1010. The van der Waals surface area contributed by atoms with E-state index in [2.05, 4.69) is 9.97 Å². The Balaban J connectivity index is 2.30. The van der Waals surface area contributed by atoms with Gasteiger partial charge in [0.05, 0.1) is 16.0 Å². The molecule has 0 spiro atoms. The fourth-order valence-electron chi connectivity index (χ4n) is 2.39. The Morgan fingerprint density at radius 1 is 1.17 bits per heavy atom. The van der Waals surface area contributed by atoms with Gasteiger partial charge in [0.25, 0.3) is 11.2 Å². The minimum absolute atomic E-state index is 0.0713. The number of hydrogen-bond donors (Lipinski definition) is 2. The van der Waals surface area contributed by atoms with Crippen LogP contribution in [-0.2, 0) is 0 Å². The van der Waals surface area contributed by atoms with Crippen molar-refractivity contribution in [1.82, 2.24) is 9.97 Å². The van der Waals surface area contributed by atoms with Crippen molar-refractivity contribution in [3.05, 3.63) is 61.9 Å². The number of nitrogens with one attached hydrogen (secondary N) is 1. The number of nitrogens with two attached hydrogens (primary N) is 1. The molecule has 2 aromatic carbocycles. The van der Waals surface area contributed by atoms with Crippen molar-refractivity contribution in [3.8, 4) is 11.3 Å². The first-order valence-corrected chi connectivity index (χ1v) is 6.92. The first-order chi connectivity index (χ1) is 10.9. The number of aryl methyl sites for hydroxylation is 2. The lowest BCUT2D eigenvalue weighted by Crippen LogP contribution is -2.13. The Morgan fingerprint density at radius 3 is 2.57 bits per heavy atom. The average Bonchev–Trinajstić information content (AvgIpc) is 2.49. The first-order valence-electron chi connectivity index (χ1n) is 6.92. The second-order valence-corrected chi connectivity index (χ2v) is 5.40. The number of benzene rings is 2. The predicted molar refractivity (Wildman–Crippen MR) is 88.3 cm³/mol. The van der Waals surface area contributed by atoms with Crippen LogP contribution in [0.4, 0.5) is 11.4 Å². The number of nitro benzene ring substituents is 1. The molecule has 3 rings (SSSR count). The van der Waals surface area contributed by atoms with Crippen molar-refractivity contribution in [2.45, 2.75) is 13.8 Å². The number of aromatic amines is 1. The summed E-state index contributed by atoms with van der Waals surface area (Å²) < 4.78 is 0. The van der Waals surface area contributed by atoms with Gasteiger partial charge in [0, 0.05) is 23.4 Å². The molecular formula is C16H14N4O3. The summed E-state index contributed by atoms with van der Waals surface area (Å²) in [4.78, 5) is 29.8. The first kappa shape index (κ1) is 14.7. The maximum atomic E-state index is 12.3. The maximum Gasteiger partial charge on any atom is 0.275 e. The highest BCUT2D eigenvalue weighted by Gasteiger charge is 2.15. The van der Waals surface area contributed by atoms with E-state index in [1.54, 1.807) is 0 Å². The predicted octanol–water partition coefficient (Wildman–Crippen LogP) is 2.70. The van der Waals surface area contributed by atoms with Crippen LogP contribution in [0.3, 0.4) is 0 Å². The molecule has 3 aromatic rings. The summed E-state index contributed by atoms with van der Waals surface area (Å²) in [5.41, 5.74) is 9.17. The van der Waals surface area contributed by atoms with E-state index in [9.17, 15) is 14.9 Å². The third-order valence-electron chi connectivity index (χ3n) is 3.81. The van der Waals surface area contributed by atoms with Crippen molar-refractivity contribution >= 4 is 22.4 Å². The van der Waals surface area contributed by atoms with Crippen molar-refractivity contribution in [2.24, 2.45) is 0 Å². The van der Waals surface area contributed by atoms with Crippen LogP contribution < -0.4 is 11.3 Å². The van der Waals surface area contributed by atoms with E-state index in [0.717, 1.165) is 11.1 Å². The van der Waals surface area contributed by atoms with Gasteiger partial charge in [-0.1, -0.05) is 0 Å². The highest BCUT2D eigenvalue weighted by atomic mass is 16.6. The van der Waals surface area contributed by atoms with Crippen LogP contribution in [0.15, 0.2) is 35.1 Å².